The van der Waals surface area contributed by atoms with Gasteiger partial charge in [0.2, 0.25) is 0 Å². The molecule has 0 aromatic heterocycles. The molecule has 0 bridgehead atoms. The maximum atomic E-state index is 13.0. The first-order valence-electron chi connectivity index (χ1n) is 6.93. The molecule has 0 aliphatic rings. The van der Waals surface area contributed by atoms with E-state index in [4.69, 9.17) is 4.74 Å². The molecule has 1 rings (SSSR count). The van der Waals surface area contributed by atoms with Gasteiger partial charge in [0.05, 0.1) is 13.2 Å². The lowest BCUT2D eigenvalue weighted by molar-refractivity contribution is 0.208. The van der Waals surface area contributed by atoms with E-state index in [1.807, 2.05) is 19.9 Å². The van der Waals surface area contributed by atoms with Crippen molar-refractivity contribution < 1.29 is 9.13 Å². The molecule has 0 aliphatic carbocycles. The van der Waals surface area contributed by atoms with Crippen LogP contribution in [0.3, 0.4) is 0 Å². The lowest BCUT2D eigenvalue weighted by atomic mass is 10.1. The van der Waals surface area contributed by atoms with Crippen LogP contribution in [0.5, 0.6) is 0 Å². The number of nitrogens with one attached hydrogen (secondary N) is 2. The van der Waals surface area contributed by atoms with E-state index in [1.54, 1.807) is 13.2 Å². The predicted molar refractivity (Wildman–Crippen MR) is 80.7 cm³/mol. The van der Waals surface area contributed by atoms with Crippen molar-refractivity contribution in [3.8, 4) is 0 Å². The Balaban J connectivity index is 2.45. The average Bonchev–Trinajstić information content (AvgIpc) is 2.41. The first-order chi connectivity index (χ1) is 9.67. The van der Waals surface area contributed by atoms with Crippen molar-refractivity contribution in [2.24, 2.45) is 4.99 Å². The number of benzene rings is 1. The minimum atomic E-state index is -0.186. The van der Waals surface area contributed by atoms with Gasteiger partial charge in [-0.15, -0.1) is 0 Å². The second-order valence-electron chi connectivity index (χ2n) is 4.50. The number of nitrogens with zero attached hydrogens (tertiary/aromatic N) is 1. The van der Waals surface area contributed by atoms with Gasteiger partial charge >= 0.3 is 0 Å². The SMILES string of the molecule is CCNC(=NCCOC)NCCc1ccc(F)cc1C. The molecule has 112 valence electrons. The first kappa shape index (κ1) is 16.4. The Morgan fingerprint density at radius 2 is 2.15 bits per heavy atom. The Bertz CT molecular complexity index is 435. The first-order valence-corrected chi connectivity index (χ1v) is 6.93. The Hall–Kier alpha value is -1.62. The molecule has 0 heterocycles. The minimum absolute atomic E-state index is 0.186. The van der Waals surface area contributed by atoms with Gasteiger partial charge in [-0.05, 0) is 43.5 Å². The van der Waals surface area contributed by atoms with Crippen LogP contribution >= 0.6 is 0 Å². The van der Waals surface area contributed by atoms with E-state index in [9.17, 15) is 4.39 Å². The number of aliphatic imine (C=N–C) groups is 1. The third-order valence-electron chi connectivity index (χ3n) is 2.90. The topological polar surface area (TPSA) is 45.7 Å². The fraction of sp³-hybridized carbons (Fsp3) is 0.533. The van der Waals surface area contributed by atoms with E-state index in [-0.39, 0.29) is 5.82 Å². The molecule has 0 radical (unpaired) electrons. The summed E-state index contributed by atoms with van der Waals surface area (Å²) in [5, 5.41) is 6.43. The number of hydrogen-bond donors (Lipinski definition) is 2. The van der Waals surface area contributed by atoms with Crippen LogP contribution in [-0.2, 0) is 11.2 Å². The summed E-state index contributed by atoms with van der Waals surface area (Å²) in [6.07, 6.45) is 0.834. The van der Waals surface area contributed by atoms with Gasteiger partial charge in [-0.1, -0.05) is 6.07 Å². The van der Waals surface area contributed by atoms with Crippen LogP contribution in [0.2, 0.25) is 0 Å². The van der Waals surface area contributed by atoms with Gasteiger partial charge in [-0.2, -0.15) is 0 Å². The molecule has 0 amide bonds. The number of hydrogen-bond acceptors (Lipinski definition) is 2. The van der Waals surface area contributed by atoms with Crippen molar-refractivity contribution in [3.05, 3.63) is 35.1 Å². The van der Waals surface area contributed by atoms with Crippen molar-refractivity contribution in [2.45, 2.75) is 20.3 Å². The number of guanidine groups is 1. The Kier molecular flexibility index (Phi) is 7.65. The fourth-order valence-electron chi connectivity index (χ4n) is 1.85. The highest BCUT2D eigenvalue weighted by Gasteiger charge is 2.01. The molecular formula is C15H24FN3O. The van der Waals surface area contributed by atoms with Gasteiger partial charge < -0.3 is 15.4 Å². The van der Waals surface area contributed by atoms with Crippen molar-refractivity contribution in [3.63, 3.8) is 0 Å². The van der Waals surface area contributed by atoms with E-state index in [2.05, 4.69) is 15.6 Å². The van der Waals surface area contributed by atoms with Crippen LogP contribution in [-0.4, -0.2) is 39.3 Å². The number of methoxy groups -OCH3 is 1. The largest absolute Gasteiger partial charge is 0.383 e. The summed E-state index contributed by atoms with van der Waals surface area (Å²) < 4.78 is 18.0. The highest BCUT2D eigenvalue weighted by atomic mass is 19.1. The highest BCUT2D eigenvalue weighted by Crippen LogP contribution is 2.10. The summed E-state index contributed by atoms with van der Waals surface area (Å²) in [6.45, 7) is 6.75. The molecule has 0 saturated carbocycles. The number of aryl methyl sites for hydroxylation is 1. The standard InChI is InChI=1S/C15H24FN3O/c1-4-17-15(19-9-10-20-3)18-8-7-13-5-6-14(16)11-12(13)2/h5-6,11H,4,7-10H2,1-3H3,(H2,17,18,19). The second-order valence-corrected chi connectivity index (χ2v) is 4.50. The zero-order valence-corrected chi connectivity index (χ0v) is 12.5. The lowest BCUT2D eigenvalue weighted by Crippen LogP contribution is -2.38. The van der Waals surface area contributed by atoms with E-state index in [0.29, 0.717) is 13.2 Å². The zero-order valence-electron chi connectivity index (χ0n) is 12.5. The molecule has 0 fully saturated rings. The maximum absolute atomic E-state index is 13.0. The summed E-state index contributed by atoms with van der Waals surface area (Å²) in [5.41, 5.74) is 2.12. The van der Waals surface area contributed by atoms with Crippen molar-refractivity contribution in [1.82, 2.24) is 10.6 Å². The van der Waals surface area contributed by atoms with Crippen molar-refractivity contribution >= 4 is 5.96 Å². The summed E-state index contributed by atoms with van der Waals surface area (Å²) >= 11 is 0. The number of halogens is 1. The molecule has 1 aromatic rings. The van der Waals surface area contributed by atoms with Gasteiger partial charge in [-0.3, -0.25) is 4.99 Å². The third-order valence-corrected chi connectivity index (χ3v) is 2.90. The predicted octanol–water partition coefficient (Wildman–Crippen LogP) is 1.88. The molecule has 0 atom stereocenters. The van der Waals surface area contributed by atoms with Crippen LogP contribution < -0.4 is 10.6 Å². The molecule has 20 heavy (non-hydrogen) atoms. The van der Waals surface area contributed by atoms with Crippen LogP contribution in [0.15, 0.2) is 23.2 Å². The molecule has 0 spiro atoms. The molecular weight excluding hydrogens is 257 g/mol. The summed E-state index contributed by atoms with van der Waals surface area (Å²) in [6, 6.07) is 4.90. The van der Waals surface area contributed by atoms with E-state index in [1.165, 1.54) is 6.07 Å². The summed E-state index contributed by atoms with van der Waals surface area (Å²) in [5.74, 6) is 0.595. The van der Waals surface area contributed by atoms with Crippen LogP contribution in [0.25, 0.3) is 0 Å². The fourth-order valence-corrected chi connectivity index (χ4v) is 1.85. The van der Waals surface area contributed by atoms with Gasteiger partial charge in [0, 0.05) is 20.2 Å². The Morgan fingerprint density at radius 1 is 1.35 bits per heavy atom. The van der Waals surface area contributed by atoms with Crippen LogP contribution in [0.1, 0.15) is 18.1 Å². The van der Waals surface area contributed by atoms with Gasteiger partial charge in [0.25, 0.3) is 0 Å². The summed E-state index contributed by atoms with van der Waals surface area (Å²) in [4.78, 5) is 4.38. The molecule has 5 heteroatoms. The van der Waals surface area contributed by atoms with Gasteiger partial charge in [-0.25, -0.2) is 4.39 Å². The molecule has 0 unspecified atom stereocenters. The van der Waals surface area contributed by atoms with Crippen LogP contribution in [0.4, 0.5) is 4.39 Å². The number of rotatable bonds is 7. The van der Waals surface area contributed by atoms with E-state index in [0.717, 1.165) is 36.6 Å². The lowest BCUT2D eigenvalue weighted by Gasteiger charge is -2.12. The smallest absolute Gasteiger partial charge is 0.191 e. The summed E-state index contributed by atoms with van der Waals surface area (Å²) in [7, 11) is 1.66. The second kappa shape index (κ2) is 9.31. The van der Waals surface area contributed by atoms with Crippen LogP contribution in [0, 0.1) is 12.7 Å². The quantitative estimate of drug-likeness (QED) is 0.456. The highest BCUT2D eigenvalue weighted by molar-refractivity contribution is 5.79. The zero-order chi connectivity index (χ0) is 14.8. The monoisotopic (exact) mass is 281 g/mol. The minimum Gasteiger partial charge on any atom is -0.383 e. The maximum Gasteiger partial charge on any atom is 0.191 e. The van der Waals surface area contributed by atoms with Gasteiger partial charge in [0.15, 0.2) is 5.96 Å². The van der Waals surface area contributed by atoms with Crippen molar-refractivity contribution in [1.29, 1.82) is 0 Å². The molecule has 4 nitrogen and oxygen atoms in total. The molecule has 0 aliphatic heterocycles. The Morgan fingerprint density at radius 3 is 2.80 bits per heavy atom. The van der Waals surface area contributed by atoms with E-state index < -0.39 is 0 Å². The van der Waals surface area contributed by atoms with E-state index >= 15 is 0 Å². The molecule has 0 saturated heterocycles. The molecule has 1 aromatic carbocycles. The normalized spacial score (nSPS) is 11.5. The average molecular weight is 281 g/mol. The Labute approximate surface area is 120 Å². The van der Waals surface area contributed by atoms with Gasteiger partial charge in [0.1, 0.15) is 5.82 Å². The molecule has 2 N–H and O–H groups in total. The third kappa shape index (κ3) is 6.02. The number of ether oxygens (including phenoxy) is 1. The van der Waals surface area contributed by atoms with Crippen molar-refractivity contribution in [2.75, 3.05) is 33.4 Å².